The number of non-ortho nitro benzene ring substituents is 1. The van der Waals surface area contributed by atoms with Crippen molar-refractivity contribution in [2.75, 3.05) is 0 Å². The average molecular weight is 457 g/mol. The Hall–Kier alpha value is -3.14. The summed E-state index contributed by atoms with van der Waals surface area (Å²) in [5.41, 5.74) is 2.23. The third-order valence-corrected chi connectivity index (χ3v) is 6.16. The molecule has 2 aliphatic heterocycles. The third-order valence-electron chi connectivity index (χ3n) is 5.27. The van der Waals surface area contributed by atoms with Crippen LogP contribution in [0.15, 0.2) is 51.6 Å². The van der Waals surface area contributed by atoms with Crippen molar-refractivity contribution in [3.05, 3.63) is 62.3 Å². The maximum absolute atomic E-state index is 13.1. The fourth-order valence-electron chi connectivity index (χ4n) is 3.67. The van der Waals surface area contributed by atoms with E-state index >= 15 is 0 Å². The highest BCUT2D eigenvalue weighted by atomic mass is 32.2. The van der Waals surface area contributed by atoms with E-state index in [0.717, 1.165) is 18.5 Å². The number of nitro groups is 1. The number of ether oxygens (including phenoxy) is 1. The molecule has 1 aromatic carbocycles. The van der Waals surface area contributed by atoms with Crippen LogP contribution in [0.5, 0.6) is 0 Å². The van der Waals surface area contributed by atoms with Gasteiger partial charge in [-0.25, -0.2) is 9.79 Å². The number of carbonyl (C=O) groups is 2. The number of hydrogen-bond acceptors (Lipinski definition) is 8. The van der Waals surface area contributed by atoms with Crippen LogP contribution in [0.2, 0.25) is 0 Å². The summed E-state index contributed by atoms with van der Waals surface area (Å²) in [5, 5.41) is 16.6. The lowest BCUT2D eigenvalue weighted by Crippen LogP contribution is -2.38. The molecule has 1 atom stereocenters. The summed E-state index contributed by atoms with van der Waals surface area (Å²) in [4.78, 5) is 42.7. The molecule has 1 aromatic rings. The maximum atomic E-state index is 13.1. The van der Waals surface area contributed by atoms with Crippen molar-refractivity contribution in [2.45, 2.75) is 58.2 Å². The smallest absolute Gasteiger partial charge is 0.338 e. The van der Waals surface area contributed by atoms with Gasteiger partial charge in [0.2, 0.25) is 5.91 Å². The molecule has 1 saturated carbocycles. The molecule has 9 nitrogen and oxygen atoms in total. The minimum absolute atomic E-state index is 0.0409. The first-order valence-electron chi connectivity index (χ1n) is 10.4. The number of allylic oxidation sites excluding steroid dienone is 1. The van der Waals surface area contributed by atoms with Crippen LogP contribution in [0.3, 0.4) is 0 Å². The van der Waals surface area contributed by atoms with E-state index in [0.29, 0.717) is 22.0 Å². The van der Waals surface area contributed by atoms with Crippen molar-refractivity contribution in [3.8, 4) is 0 Å². The standard InChI is InChI=1S/C22H24N4O5S/c1-12(2)31-21(28)19-13(3)23-22-25(17(11-32-22)10-18(27)24-15-6-7-15)20(19)14-4-8-16(9-5-14)26(29)30/h4-5,8-9,11-12,15,20H,6-7,10H2,1-3H3,(H,24,27)/t20-/m0/s1. The monoisotopic (exact) mass is 456 g/mol. The fraction of sp³-hybridized carbons (Fsp3) is 0.409. The molecule has 1 amide bonds. The van der Waals surface area contributed by atoms with E-state index in [4.69, 9.17) is 4.74 Å². The van der Waals surface area contributed by atoms with Crippen molar-refractivity contribution in [1.29, 1.82) is 0 Å². The molecule has 0 unspecified atom stereocenters. The van der Waals surface area contributed by atoms with Crippen LogP contribution in [-0.4, -0.2) is 39.0 Å². The topological polar surface area (TPSA) is 114 Å². The van der Waals surface area contributed by atoms with Gasteiger partial charge in [0.1, 0.15) is 0 Å². The van der Waals surface area contributed by atoms with E-state index in [1.165, 1.54) is 23.9 Å². The Kier molecular flexibility index (Phi) is 6.05. The number of thioether (sulfide) groups is 1. The number of rotatable bonds is 7. The number of aliphatic imine (C=N–C) groups is 1. The van der Waals surface area contributed by atoms with Gasteiger partial charge >= 0.3 is 5.97 Å². The zero-order valence-corrected chi connectivity index (χ0v) is 18.8. The lowest BCUT2D eigenvalue weighted by Gasteiger charge is -2.36. The van der Waals surface area contributed by atoms with Gasteiger partial charge in [0.25, 0.3) is 5.69 Å². The minimum atomic E-state index is -0.607. The lowest BCUT2D eigenvalue weighted by molar-refractivity contribution is -0.384. The van der Waals surface area contributed by atoms with Gasteiger partial charge in [0, 0.05) is 23.9 Å². The fourth-order valence-corrected chi connectivity index (χ4v) is 4.64. The first kappa shape index (κ1) is 22.1. The Morgan fingerprint density at radius 3 is 2.59 bits per heavy atom. The summed E-state index contributed by atoms with van der Waals surface area (Å²) < 4.78 is 5.49. The molecule has 0 bridgehead atoms. The van der Waals surface area contributed by atoms with E-state index in [-0.39, 0.29) is 30.2 Å². The number of benzene rings is 1. The van der Waals surface area contributed by atoms with Gasteiger partial charge in [-0.05, 0) is 56.7 Å². The number of nitro benzene ring substituents is 1. The van der Waals surface area contributed by atoms with Crippen LogP contribution < -0.4 is 5.32 Å². The normalized spacial score (nSPS) is 20.0. The average Bonchev–Trinajstić information content (AvgIpc) is 3.45. The number of amidine groups is 1. The maximum Gasteiger partial charge on any atom is 0.338 e. The number of nitrogens with one attached hydrogen (secondary N) is 1. The van der Waals surface area contributed by atoms with Crippen LogP contribution in [-0.2, 0) is 14.3 Å². The number of esters is 1. The number of amides is 1. The Morgan fingerprint density at radius 1 is 1.31 bits per heavy atom. The Balaban J connectivity index is 1.72. The molecule has 32 heavy (non-hydrogen) atoms. The van der Waals surface area contributed by atoms with E-state index in [1.54, 1.807) is 32.9 Å². The second-order valence-corrected chi connectivity index (χ2v) is 9.05. The van der Waals surface area contributed by atoms with E-state index in [2.05, 4.69) is 10.3 Å². The summed E-state index contributed by atoms with van der Waals surface area (Å²) in [6.45, 7) is 5.29. The first-order valence-corrected chi connectivity index (χ1v) is 11.3. The second kappa shape index (κ2) is 8.78. The van der Waals surface area contributed by atoms with Crippen LogP contribution in [0, 0.1) is 10.1 Å². The van der Waals surface area contributed by atoms with Gasteiger partial charge < -0.3 is 15.0 Å². The van der Waals surface area contributed by atoms with Crippen molar-refractivity contribution < 1.29 is 19.2 Å². The quantitative estimate of drug-likeness (QED) is 0.377. The van der Waals surface area contributed by atoms with Crippen molar-refractivity contribution in [2.24, 2.45) is 4.99 Å². The molecule has 2 heterocycles. The molecule has 3 aliphatic rings. The first-order chi connectivity index (χ1) is 15.2. The zero-order valence-electron chi connectivity index (χ0n) is 18.0. The molecular formula is C22H24N4O5S. The molecule has 0 aromatic heterocycles. The van der Waals surface area contributed by atoms with E-state index in [9.17, 15) is 19.7 Å². The molecule has 10 heteroatoms. The van der Waals surface area contributed by atoms with Gasteiger partial charge in [0.15, 0.2) is 5.17 Å². The number of fused-ring (bicyclic) bond motifs is 1. The lowest BCUT2D eigenvalue weighted by atomic mass is 9.93. The van der Waals surface area contributed by atoms with E-state index in [1.807, 2.05) is 10.3 Å². The summed E-state index contributed by atoms with van der Waals surface area (Å²) in [6.07, 6.45) is 1.82. The molecule has 1 N–H and O–H groups in total. The van der Waals surface area contributed by atoms with Gasteiger partial charge in [-0.2, -0.15) is 0 Å². The Bertz CT molecular complexity index is 1060. The van der Waals surface area contributed by atoms with Crippen molar-refractivity contribution in [1.82, 2.24) is 10.2 Å². The molecular weight excluding hydrogens is 432 g/mol. The SMILES string of the molecule is CC1=C(C(=O)OC(C)C)[C@H](c2ccc([N+](=O)[O-])cc2)N2C(CC(=O)NC3CC3)=CSC2=N1. The molecule has 168 valence electrons. The molecule has 0 spiro atoms. The number of hydrogen-bond donors (Lipinski definition) is 1. The number of nitrogens with zero attached hydrogens (tertiary/aromatic N) is 3. The summed E-state index contributed by atoms with van der Waals surface area (Å²) >= 11 is 1.39. The zero-order chi connectivity index (χ0) is 23.0. The molecule has 4 rings (SSSR count). The van der Waals surface area contributed by atoms with Gasteiger partial charge in [-0.1, -0.05) is 11.8 Å². The third kappa shape index (κ3) is 4.55. The van der Waals surface area contributed by atoms with E-state index < -0.39 is 16.9 Å². The second-order valence-electron chi connectivity index (χ2n) is 8.21. The van der Waals surface area contributed by atoms with Gasteiger partial charge in [-0.3, -0.25) is 14.9 Å². The molecule has 1 fully saturated rings. The van der Waals surface area contributed by atoms with Crippen LogP contribution in [0.4, 0.5) is 5.69 Å². The van der Waals surface area contributed by atoms with Gasteiger partial charge in [0.05, 0.1) is 34.8 Å². The highest BCUT2D eigenvalue weighted by Gasteiger charge is 2.41. The number of carbonyl (C=O) groups excluding carboxylic acids is 2. The van der Waals surface area contributed by atoms with Crippen LogP contribution in [0.1, 0.15) is 51.6 Å². The predicted octanol–water partition coefficient (Wildman–Crippen LogP) is 3.79. The molecule has 0 radical (unpaired) electrons. The van der Waals surface area contributed by atoms with Crippen molar-refractivity contribution in [3.63, 3.8) is 0 Å². The predicted molar refractivity (Wildman–Crippen MR) is 120 cm³/mol. The van der Waals surface area contributed by atoms with Crippen LogP contribution >= 0.6 is 11.8 Å². The Morgan fingerprint density at radius 2 is 2.00 bits per heavy atom. The summed E-state index contributed by atoms with van der Waals surface area (Å²) in [5.74, 6) is -0.581. The largest absolute Gasteiger partial charge is 0.459 e. The minimum Gasteiger partial charge on any atom is -0.459 e. The summed E-state index contributed by atoms with van der Waals surface area (Å²) in [7, 11) is 0. The van der Waals surface area contributed by atoms with Gasteiger partial charge in [-0.15, -0.1) is 0 Å². The molecule has 0 saturated heterocycles. The Labute approximate surface area is 189 Å². The summed E-state index contributed by atoms with van der Waals surface area (Å²) in [6, 6.07) is 5.72. The highest BCUT2D eigenvalue weighted by Crippen LogP contribution is 2.45. The molecule has 1 aliphatic carbocycles. The van der Waals surface area contributed by atoms with Crippen molar-refractivity contribution >= 4 is 34.5 Å². The highest BCUT2D eigenvalue weighted by molar-refractivity contribution is 8.16. The van der Waals surface area contributed by atoms with Crippen LogP contribution in [0.25, 0.3) is 0 Å².